The first-order valence-electron chi connectivity index (χ1n) is 5.33. The molecule has 1 saturated carbocycles. The van der Waals surface area contributed by atoms with E-state index in [1.165, 1.54) is 19.3 Å². The Morgan fingerprint density at radius 1 is 1.38 bits per heavy atom. The van der Waals surface area contributed by atoms with Gasteiger partial charge in [0.15, 0.2) is 0 Å². The van der Waals surface area contributed by atoms with Crippen molar-refractivity contribution in [2.45, 2.75) is 25.7 Å². The molecule has 1 aliphatic carbocycles. The van der Waals surface area contributed by atoms with Gasteiger partial charge < -0.3 is 10.1 Å². The normalized spacial score (nSPS) is 16.0. The largest absolute Gasteiger partial charge is 0.380 e. The van der Waals surface area contributed by atoms with E-state index in [9.17, 15) is 0 Å². The Bertz CT molecular complexity index is 132. The van der Waals surface area contributed by atoms with Crippen molar-refractivity contribution in [1.82, 2.24) is 5.32 Å². The molecule has 0 aromatic rings. The maximum atomic E-state index is 5.48. The van der Waals surface area contributed by atoms with Gasteiger partial charge in [0.05, 0.1) is 6.61 Å². The minimum atomic E-state index is 0.866. The van der Waals surface area contributed by atoms with Crippen LogP contribution < -0.4 is 5.32 Å². The first kappa shape index (κ1) is 10.7. The highest BCUT2D eigenvalue weighted by atomic mass is 16.5. The van der Waals surface area contributed by atoms with Gasteiger partial charge in [0.2, 0.25) is 0 Å². The van der Waals surface area contributed by atoms with Crippen LogP contribution in [0.5, 0.6) is 0 Å². The number of allylic oxidation sites excluding steroid dienone is 1. The quantitative estimate of drug-likeness (QED) is 0.436. The van der Waals surface area contributed by atoms with E-state index in [1.54, 1.807) is 0 Å². The van der Waals surface area contributed by atoms with Gasteiger partial charge in [0.25, 0.3) is 0 Å². The van der Waals surface area contributed by atoms with Crippen molar-refractivity contribution < 1.29 is 4.74 Å². The summed E-state index contributed by atoms with van der Waals surface area (Å²) < 4.78 is 5.48. The fourth-order valence-corrected chi connectivity index (χ4v) is 1.18. The van der Waals surface area contributed by atoms with E-state index in [0.29, 0.717) is 0 Å². The molecule has 0 radical (unpaired) electrons. The van der Waals surface area contributed by atoms with Crippen LogP contribution in [0, 0.1) is 5.92 Å². The van der Waals surface area contributed by atoms with Crippen LogP contribution in [0.4, 0.5) is 0 Å². The lowest BCUT2D eigenvalue weighted by Gasteiger charge is -2.04. The first-order valence-corrected chi connectivity index (χ1v) is 5.33. The third-order valence-electron chi connectivity index (χ3n) is 2.24. The van der Waals surface area contributed by atoms with Crippen LogP contribution in [-0.4, -0.2) is 26.3 Å². The Kier molecular flexibility index (Phi) is 5.87. The van der Waals surface area contributed by atoms with Crippen LogP contribution in [-0.2, 0) is 4.74 Å². The summed E-state index contributed by atoms with van der Waals surface area (Å²) >= 11 is 0. The highest BCUT2D eigenvalue weighted by Crippen LogP contribution is 2.28. The molecule has 76 valence electrons. The number of unbranched alkanes of at least 4 members (excludes halogenated alkanes) is 1. The van der Waals surface area contributed by atoms with Crippen LogP contribution in [0.2, 0.25) is 0 Å². The lowest BCUT2D eigenvalue weighted by atomic mass is 10.3. The zero-order valence-corrected chi connectivity index (χ0v) is 8.43. The Labute approximate surface area is 81.4 Å². The van der Waals surface area contributed by atoms with Gasteiger partial charge >= 0.3 is 0 Å². The average molecular weight is 183 g/mol. The molecular weight excluding hydrogens is 162 g/mol. The van der Waals surface area contributed by atoms with E-state index in [4.69, 9.17) is 4.74 Å². The smallest absolute Gasteiger partial charge is 0.0591 e. The van der Waals surface area contributed by atoms with E-state index >= 15 is 0 Å². The topological polar surface area (TPSA) is 21.3 Å². The summed E-state index contributed by atoms with van der Waals surface area (Å²) in [5.41, 5.74) is 0. The summed E-state index contributed by atoms with van der Waals surface area (Å²) in [5, 5.41) is 3.34. The van der Waals surface area contributed by atoms with Gasteiger partial charge in [0, 0.05) is 13.2 Å². The lowest BCUT2D eigenvalue weighted by Crippen LogP contribution is -2.21. The van der Waals surface area contributed by atoms with Crippen molar-refractivity contribution in [3.63, 3.8) is 0 Å². The molecule has 2 nitrogen and oxygen atoms in total. The molecule has 0 amide bonds. The molecule has 0 spiro atoms. The summed E-state index contributed by atoms with van der Waals surface area (Å²) in [6, 6.07) is 0. The fraction of sp³-hybridized carbons (Fsp3) is 0.818. The van der Waals surface area contributed by atoms with E-state index in [2.05, 4.69) is 11.9 Å². The zero-order valence-electron chi connectivity index (χ0n) is 8.43. The molecule has 0 aromatic heterocycles. The van der Waals surface area contributed by atoms with Crippen molar-refractivity contribution in [2.75, 3.05) is 26.3 Å². The molecule has 1 aliphatic rings. The van der Waals surface area contributed by atoms with Gasteiger partial charge in [0.1, 0.15) is 0 Å². The molecule has 0 aromatic carbocycles. The van der Waals surface area contributed by atoms with Gasteiger partial charge in [-0.2, -0.15) is 0 Å². The van der Waals surface area contributed by atoms with Crippen molar-refractivity contribution in [1.29, 1.82) is 0 Å². The molecule has 1 rings (SSSR count). The second-order valence-corrected chi connectivity index (χ2v) is 3.70. The second-order valence-electron chi connectivity index (χ2n) is 3.70. The monoisotopic (exact) mass is 183 g/mol. The molecule has 0 saturated heterocycles. The summed E-state index contributed by atoms with van der Waals surface area (Å²) in [6.07, 6.45) is 7.02. The summed E-state index contributed by atoms with van der Waals surface area (Å²) in [4.78, 5) is 0. The van der Waals surface area contributed by atoms with Crippen molar-refractivity contribution in [2.24, 2.45) is 5.92 Å². The third kappa shape index (κ3) is 6.79. The van der Waals surface area contributed by atoms with E-state index < -0.39 is 0 Å². The van der Waals surface area contributed by atoms with Crippen LogP contribution >= 0.6 is 0 Å². The number of hydrogen-bond acceptors (Lipinski definition) is 2. The number of nitrogens with one attached hydrogen (secondary N) is 1. The minimum Gasteiger partial charge on any atom is -0.380 e. The summed E-state index contributed by atoms with van der Waals surface area (Å²) in [6.45, 7) is 7.60. The van der Waals surface area contributed by atoms with Gasteiger partial charge in [-0.1, -0.05) is 6.08 Å². The fourth-order valence-electron chi connectivity index (χ4n) is 1.18. The highest BCUT2D eigenvalue weighted by molar-refractivity contribution is 4.72. The maximum absolute atomic E-state index is 5.48. The number of rotatable bonds is 9. The van der Waals surface area contributed by atoms with E-state index in [1.807, 2.05) is 6.08 Å². The van der Waals surface area contributed by atoms with Crippen molar-refractivity contribution in [3.05, 3.63) is 12.7 Å². The molecule has 0 aliphatic heterocycles. The lowest BCUT2D eigenvalue weighted by molar-refractivity contribution is 0.126. The molecular formula is C11H21NO. The van der Waals surface area contributed by atoms with Gasteiger partial charge in [-0.25, -0.2) is 0 Å². The molecule has 2 heteroatoms. The van der Waals surface area contributed by atoms with Gasteiger partial charge in [-0.15, -0.1) is 6.58 Å². The van der Waals surface area contributed by atoms with Crippen LogP contribution in [0.25, 0.3) is 0 Å². The molecule has 0 heterocycles. The van der Waals surface area contributed by atoms with Crippen LogP contribution in [0.15, 0.2) is 12.7 Å². The Balaban J connectivity index is 1.65. The average Bonchev–Trinajstić information content (AvgIpc) is 2.93. The second kappa shape index (κ2) is 7.10. The molecule has 1 fully saturated rings. The molecule has 0 unspecified atom stereocenters. The third-order valence-corrected chi connectivity index (χ3v) is 2.24. The predicted octanol–water partition coefficient (Wildman–Crippen LogP) is 1.97. The van der Waals surface area contributed by atoms with E-state index in [-0.39, 0.29) is 0 Å². The predicted molar refractivity (Wildman–Crippen MR) is 55.8 cm³/mol. The Hall–Kier alpha value is -0.340. The molecule has 0 atom stereocenters. The van der Waals surface area contributed by atoms with Gasteiger partial charge in [-0.3, -0.25) is 0 Å². The summed E-state index contributed by atoms with van der Waals surface area (Å²) in [7, 11) is 0. The highest BCUT2D eigenvalue weighted by Gasteiger charge is 2.20. The maximum Gasteiger partial charge on any atom is 0.0591 e. The SMILES string of the molecule is C=CCCCNCCOCC1CC1. The standard InChI is InChI=1S/C11H21NO/c1-2-3-4-7-12-8-9-13-10-11-5-6-11/h2,11-12H,1,3-10H2. The van der Waals surface area contributed by atoms with Crippen molar-refractivity contribution >= 4 is 0 Å². The number of hydrogen-bond donors (Lipinski definition) is 1. The first-order chi connectivity index (χ1) is 6.43. The number of ether oxygens (including phenoxy) is 1. The summed E-state index contributed by atoms with van der Waals surface area (Å²) in [5.74, 6) is 0.890. The minimum absolute atomic E-state index is 0.866. The molecule has 0 bridgehead atoms. The van der Waals surface area contributed by atoms with Crippen molar-refractivity contribution in [3.8, 4) is 0 Å². The molecule has 13 heavy (non-hydrogen) atoms. The van der Waals surface area contributed by atoms with Gasteiger partial charge in [-0.05, 0) is 38.1 Å². The van der Waals surface area contributed by atoms with E-state index in [0.717, 1.165) is 38.6 Å². The van der Waals surface area contributed by atoms with Crippen LogP contribution in [0.1, 0.15) is 25.7 Å². The van der Waals surface area contributed by atoms with Crippen LogP contribution in [0.3, 0.4) is 0 Å². The Morgan fingerprint density at radius 2 is 2.23 bits per heavy atom. The zero-order chi connectivity index (χ0) is 9.36. The Morgan fingerprint density at radius 3 is 2.92 bits per heavy atom. The molecule has 1 N–H and O–H groups in total.